The second-order valence-electron chi connectivity index (χ2n) is 3.93. The zero-order chi connectivity index (χ0) is 9.16. The van der Waals surface area contributed by atoms with Crippen molar-refractivity contribution < 1.29 is 0 Å². The van der Waals surface area contributed by atoms with Gasteiger partial charge >= 0.3 is 11.4 Å². The number of rotatable bonds is 0. The molecule has 0 radical (unpaired) electrons. The minimum absolute atomic E-state index is 0.155. The van der Waals surface area contributed by atoms with Crippen molar-refractivity contribution >= 4 is 0 Å². The van der Waals surface area contributed by atoms with Crippen molar-refractivity contribution in [1.29, 1.82) is 0 Å². The molecule has 0 N–H and O–H groups in total. The molecule has 5 nitrogen and oxygen atoms in total. The first-order chi connectivity index (χ1) is 6.20. The van der Waals surface area contributed by atoms with Crippen LogP contribution in [0.25, 0.3) is 0 Å². The molecule has 1 aromatic heterocycles. The Bertz CT molecular complexity index is 437. The van der Waals surface area contributed by atoms with Gasteiger partial charge in [-0.2, -0.15) is 0 Å². The van der Waals surface area contributed by atoms with Crippen molar-refractivity contribution in [2.75, 3.05) is 0 Å². The molecule has 0 amide bonds. The standard InChI is InChI=1S/C8H11N3O2/c1-9-7(12)10-5-2-3-6(4-5)11(10)8(9)13/h5-6H,2-4H2,1H3. The summed E-state index contributed by atoms with van der Waals surface area (Å²) in [6, 6.07) is 0.567. The highest BCUT2D eigenvalue weighted by Crippen LogP contribution is 2.41. The molecule has 5 heteroatoms. The van der Waals surface area contributed by atoms with Crippen LogP contribution in [0, 0.1) is 0 Å². The van der Waals surface area contributed by atoms with Gasteiger partial charge < -0.3 is 0 Å². The number of fused-ring (bicyclic) bond motifs is 5. The maximum absolute atomic E-state index is 11.6. The molecule has 70 valence electrons. The van der Waals surface area contributed by atoms with Gasteiger partial charge in [-0.3, -0.25) is 0 Å². The molecule has 0 saturated heterocycles. The zero-order valence-corrected chi connectivity index (χ0v) is 7.43. The summed E-state index contributed by atoms with van der Waals surface area (Å²) in [5.41, 5.74) is -0.311. The largest absolute Gasteiger partial charge is 0.347 e. The van der Waals surface area contributed by atoms with E-state index in [4.69, 9.17) is 0 Å². The van der Waals surface area contributed by atoms with E-state index in [2.05, 4.69) is 0 Å². The van der Waals surface area contributed by atoms with Crippen LogP contribution in [-0.2, 0) is 7.05 Å². The SMILES string of the molecule is Cn1c(=O)n2n(c1=O)C1CCC2C1. The van der Waals surface area contributed by atoms with Crippen LogP contribution in [0.4, 0.5) is 0 Å². The Labute approximate surface area is 74.2 Å². The molecule has 3 rings (SSSR count). The topological polar surface area (TPSA) is 48.9 Å². The lowest BCUT2D eigenvalue weighted by Crippen LogP contribution is -2.27. The van der Waals surface area contributed by atoms with Crippen LogP contribution < -0.4 is 11.4 Å². The average Bonchev–Trinajstić information content (AvgIpc) is 2.76. The van der Waals surface area contributed by atoms with E-state index >= 15 is 0 Å². The Hall–Kier alpha value is -1.26. The first kappa shape index (κ1) is 7.17. The Morgan fingerprint density at radius 2 is 1.54 bits per heavy atom. The zero-order valence-electron chi connectivity index (χ0n) is 7.43. The molecule has 1 saturated carbocycles. The summed E-state index contributed by atoms with van der Waals surface area (Å²) in [4.78, 5) is 23.2. The fraction of sp³-hybridized carbons (Fsp3) is 0.750. The van der Waals surface area contributed by atoms with Crippen LogP contribution in [-0.4, -0.2) is 13.9 Å². The molecule has 2 unspecified atom stereocenters. The highest BCUT2D eigenvalue weighted by molar-refractivity contribution is 4.94. The third kappa shape index (κ3) is 0.642. The molecule has 2 aliphatic rings. The summed E-state index contributed by atoms with van der Waals surface area (Å²) in [5.74, 6) is 0. The van der Waals surface area contributed by atoms with Gasteiger partial charge in [0.1, 0.15) is 0 Å². The predicted octanol–water partition coefficient (Wildman–Crippen LogP) is -0.372. The van der Waals surface area contributed by atoms with E-state index in [0.29, 0.717) is 0 Å². The maximum Gasteiger partial charge on any atom is 0.347 e. The van der Waals surface area contributed by atoms with E-state index in [-0.39, 0.29) is 23.5 Å². The molecular weight excluding hydrogens is 170 g/mol. The summed E-state index contributed by atoms with van der Waals surface area (Å²) in [5, 5.41) is 0. The highest BCUT2D eigenvalue weighted by atomic mass is 16.2. The van der Waals surface area contributed by atoms with Crippen molar-refractivity contribution in [1.82, 2.24) is 13.9 Å². The molecule has 0 spiro atoms. The van der Waals surface area contributed by atoms with E-state index in [9.17, 15) is 9.59 Å². The van der Waals surface area contributed by atoms with Gasteiger partial charge in [-0.25, -0.2) is 23.5 Å². The van der Waals surface area contributed by atoms with Crippen LogP contribution >= 0.6 is 0 Å². The fourth-order valence-corrected chi connectivity index (χ4v) is 2.62. The van der Waals surface area contributed by atoms with Crippen molar-refractivity contribution in [2.24, 2.45) is 7.05 Å². The van der Waals surface area contributed by atoms with Gasteiger partial charge in [0.15, 0.2) is 0 Å². The van der Waals surface area contributed by atoms with Crippen molar-refractivity contribution in [3.8, 4) is 0 Å². The second kappa shape index (κ2) is 1.97. The van der Waals surface area contributed by atoms with E-state index in [0.717, 1.165) is 19.3 Å². The van der Waals surface area contributed by atoms with Gasteiger partial charge in [0, 0.05) is 7.05 Å². The molecular formula is C8H11N3O2. The lowest BCUT2D eigenvalue weighted by atomic mass is 10.3. The Morgan fingerprint density at radius 1 is 1.08 bits per heavy atom. The van der Waals surface area contributed by atoms with E-state index in [1.165, 1.54) is 4.57 Å². The maximum atomic E-state index is 11.6. The Balaban J connectivity index is 2.44. The second-order valence-corrected chi connectivity index (χ2v) is 3.93. The average molecular weight is 181 g/mol. The third-order valence-corrected chi connectivity index (χ3v) is 3.27. The summed E-state index contributed by atoms with van der Waals surface area (Å²) in [6.45, 7) is 0. The van der Waals surface area contributed by atoms with Crippen molar-refractivity contribution in [2.45, 2.75) is 31.3 Å². The van der Waals surface area contributed by atoms with E-state index in [1.54, 1.807) is 16.4 Å². The van der Waals surface area contributed by atoms with E-state index in [1.807, 2.05) is 0 Å². The van der Waals surface area contributed by atoms with Gasteiger partial charge in [-0.15, -0.1) is 0 Å². The summed E-state index contributed by atoms with van der Waals surface area (Å²) in [7, 11) is 1.54. The van der Waals surface area contributed by atoms with Crippen LogP contribution in [0.2, 0.25) is 0 Å². The van der Waals surface area contributed by atoms with E-state index < -0.39 is 0 Å². The Morgan fingerprint density at radius 3 is 2.00 bits per heavy atom. The molecule has 0 aromatic carbocycles. The highest BCUT2D eigenvalue weighted by Gasteiger charge is 2.40. The first-order valence-corrected chi connectivity index (χ1v) is 4.60. The van der Waals surface area contributed by atoms with Gasteiger partial charge in [0.25, 0.3) is 0 Å². The molecule has 2 atom stereocenters. The molecule has 1 aromatic rings. The molecule has 13 heavy (non-hydrogen) atoms. The molecule has 1 aliphatic heterocycles. The van der Waals surface area contributed by atoms with Crippen molar-refractivity contribution in [3.63, 3.8) is 0 Å². The lowest BCUT2D eigenvalue weighted by Gasteiger charge is -2.13. The van der Waals surface area contributed by atoms with Crippen LogP contribution in [0.1, 0.15) is 31.3 Å². The summed E-state index contributed by atoms with van der Waals surface area (Å²) in [6.07, 6.45) is 3.08. The molecule has 2 heterocycles. The number of aromatic nitrogens is 3. The van der Waals surface area contributed by atoms with Gasteiger partial charge in [-0.05, 0) is 19.3 Å². The van der Waals surface area contributed by atoms with Gasteiger partial charge in [0.2, 0.25) is 0 Å². The van der Waals surface area contributed by atoms with Crippen LogP contribution in [0.15, 0.2) is 9.59 Å². The summed E-state index contributed by atoms with van der Waals surface area (Å²) >= 11 is 0. The first-order valence-electron chi connectivity index (χ1n) is 4.60. The molecule has 1 aliphatic carbocycles. The monoisotopic (exact) mass is 181 g/mol. The number of hydrogen-bond acceptors (Lipinski definition) is 2. The Kier molecular flexibility index (Phi) is 1.09. The lowest BCUT2D eigenvalue weighted by molar-refractivity contribution is 0.374. The third-order valence-electron chi connectivity index (χ3n) is 3.27. The smallest absolute Gasteiger partial charge is 0.246 e. The van der Waals surface area contributed by atoms with Gasteiger partial charge in [0.05, 0.1) is 12.1 Å². The number of hydrogen-bond donors (Lipinski definition) is 0. The molecule has 2 bridgehead atoms. The van der Waals surface area contributed by atoms with Crippen LogP contribution in [0.3, 0.4) is 0 Å². The van der Waals surface area contributed by atoms with Gasteiger partial charge in [-0.1, -0.05) is 0 Å². The summed E-state index contributed by atoms with van der Waals surface area (Å²) < 4.78 is 4.47. The number of nitrogens with zero attached hydrogens (tertiary/aromatic N) is 3. The fourth-order valence-electron chi connectivity index (χ4n) is 2.62. The minimum Gasteiger partial charge on any atom is -0.246 e. The molecule has 1 fully saturated rings. The van der Waals surface area contributed by atoms with Crippen molar-refractivity contribution in [3.05, 3.63) is 21.0 Å². The van der Waals surface area contributed by atoms with Crippen LogP contribution in [0.5, 0.6) is 0 Å². The quantitative estimate of drug-likeness (QED) is 0.548. The normalized spacial score (nSPS) is 29.6. The predicted molar refractivity (Wildman–Crippen MR) is 45.9 cm³/mol. The minimum atomic E-state index is -0.155.